The van der Waals surface area contributed by atoms with Crippen molar-refractivity contribution in [2.75, 3.05) is 13.1 Å². The van der Waals surface area contributed by atoms with Crippen molar-refractivity contribution in [2.45, 2.75) is 0 Å². The van der Waals surface area contributed by atoms with E-state index in [2.05, 4.69) is 0 Å². The van der Waals surface area contributed by atoms with Gasteiger partial charge in [0, 0.05) is 5.56 Å². The number of carbonyl (C=O) groups excluding carboxylic acids is 2. The van der Waals surface area contributed by atoms with Gasteiger partial charge in [0.15, 0.2) is 0 Å². The summed E-state index contributed by atoms with van der Waals surface area (Å²) in [6.45, 7) is -1.15. The molecule has 1 aromatic rings. The van der Waals surface area contributed by atoms with Crippen LogP contribution in [0.5, 0.6) is 5.75 Å². The summed E-state index contributed by atoms with van der Waals surface area (Å²) in [5.74, 6) is -2.86. The summed E-state index contributed by atoms with van der Waals surface area (Å²) in [6, 6.07) is 4.14. The number of hydrogen-bond acceptors (Lipinski definition) is 4. The van der Waals surface area contributed by atoms with Gasteiger partial charge < -0.3 is 20.8 Å². The normalized spacial score (nSPS) is 9.95. The zero-order valence-electron chi connectivity index (χ0n) is 9.67. The van der Waals surface area contributed by atoms with Gasteiger partial charge in [0.05, 0.1) is 3.57 Å². The molecule has 1 rings (SSSR count). The number of aliphatic carboxylic acids is 1. The fourth-order valence-electron chi connectivity index (χ4n) is 1.38. The van der Waals surface area contributed by atoms with Gasteiger partial charge in [-0.25, -0.2) is 0 Å². The summed E-state index contributed by atoms with van der Waals surface area (Å²) < 4.78 is 0.550. The Bertz CT molecular complexity index is 516. The van der Waals surface area contributed by atoms with Crippen LogP contribution in [0.4, 0.5) is 0 Å². The van der Waals surface area contributed by atoms with E-state index < -0.39 is 30.9 Å². The number of phenolic OH excluding ortho intramolecular Hbond substituents is 1. The van der Waals surface area contributed by atoms with Gasteiger partial charge in [0.1, 0.15) is 18.8 Å². The summed E-state index contributed by atoms with van der Waals surface area (Å²) in [5, 5.41) is 18.2. The van der Waals surface area contributed by atoms with Gasteiger partial charge in [-0.15, -0.1) is 0 Å². The van der Waals surface area contributed by atoms with E-state index in [1.165, 1.54) is 18.2 Å². The van der Waals surface area contributed by atoms with Crippen LogP contribution in [0.3, 0.4) is 0 Å². The highest BCUT2D eigenvalue weighted by Gasteiger charge is 2.20. The highest BCUT2D eigenvalue weighted by molar-refractivity contribution is 14.1. The quantitative estimate of drug-likeness (QED) is 0.624. The maximum Gasteiger partial charge on any atom is 0.323 e. The molecule has 0 aliphatic carbocycles. The molecule has 1 aromatic carbocycles. The van der Waals surface area contributed by atoms with E-state index in [0.717, 1.165) is 4.90 Å². The summed E-state index contributed by atoms with van der Waals surface area (Å²) in [5.41, 5.74) is 5.05. The third-order valence-electron chi connectivity index (χ3n) is 2.15. The second-order valence-electron chi connectivity index (χ2n) is 3.69. The lowest BCUT2D eigenvalue weighted by atomic mass is 10.2. The summed E-state index contributed by atoms with van der Waals surface area (Å²) in [6.07, 6.45) is 0. The van der Waals surface area contributed by atoms with E-state index in [9.17, 15) is 19.5 Å². The largest absolute Gasteiger partial charge is 0.507 e. The highest BCUT2D eigenvalue weighted by atomic mass is 127. The van der Waals surface area contributed by atoms with Gasteiger partial charge in [-0.2, -0.15) is 0 Å². The molecule has 0 atom stereocenters. The number of rotatable bonds is 5. The van der Waals surface area contributed by atoms with Crippen LogP contribution >= 0.6 is 22.6 Å². The molecule has 0 aromatic heterocycles. The molecule has 0 aliphatic heterocycles. The number of aromatic hydroxyl groups is 1. The van der Waals surface area contributed by atoms with Gasteiger partial charge in [0.2, 0.25) is 5.91 Å². The SMILES string of the molecule is NC(=O)CN(CC(=O)O)C(=O)c1ccc(I)c(O)c1. The molecule has 4 N–H and O–H groups in total. The Morgan fingerprint density at radius 3 is 2.37 bits per heavy atom. The Kier molecular flexibility index (Phi) is 5.10. The molecule has 7 nitrogen and oxygen atoms in total. The van der Waals surface area contributed by atoms with Gasteiger partial charge >= 0.3 is 5.97 Å². The molecule has 0 fully saturated rings. The predicted octanol–water partition coefficient (Wildman–Crippen LogP) is 0.00890. The molecule has 0 spiro atoms. The minimum absolute atomic E-state index is 0.0837. The smallest absolute Gasteiger partial charge is 0.323 e. The number of carboxylic acids is 1. The minimum Gasteiger partial charge on any atom is -0.507 e. The van der Waals surface area contributed by atoms with Crippen molar-refractivity contribution in [3.8, 4) is 5.75 Å². The first-order valence-electron chi connectivity index (χ1n) is 5.09. The lowest BCUT2D eigenvalue weighted by Gasteiger charge is -2.19. The van der Waals surface area contributed by atoms with Gasteiger partial charge in [0.25, 0.3) is 5.91 Å². The number of carboxylic acid groups (broad SMARTS) is 1. The lowest BCUT2D eigenvalue weighted by molar-refractivity contribution is -0.138. The van der Waals surface area contributed by atoms with Crippen LogP contribution in [-0.4, -0.2) is 46.0 Å². The number of carbonyl (C=O) groups is 3. The van der Waals surface area contributed by atoms with Crippen LogP contribution in [0, 0.1) is 3.57 Å². The van der Waals surface area contributed by atoms with Crippen molar-refractivity contribution in [3.05, 3.63) is 27.3 Å². The fourth-order valence-corrected chi connectivity index (χ4v) is 1.71. The molecule has 8 heteroatoms. The molecule has 0 saturated carbocycles. The third kappa shape index (κ3) is 4.39. The van der Waals surface area contributed by atoms with Crippen molar-refractivity contribution >= 4 is 40.4 Å². The van der Waals surface area contributed by atoms with Crippen molar-refractivity contribution in [3.63, 3.8) is 0 Å². The van der Waals surface area contributed by atoms with Crippen LogP contribution in [-0.2, 0) is 9.59 Å². The van der Waals surface area contributed by atoms with Gasteiger partial charge in [-0.05, 0) is 40.8 Å². The van der Waals surface area contributed by atoms with E-state index in [0.29, 0.717) is 3.57 Å². The van der Waals surface area contributed by atoms with Crippen molar-refractivity contribution in [1.82, 2.24) is 4.90 Å². The Morgan fingerprint density at radius 1 is 1.26 bits per heavy atom. The first kappa shape index (κ1) is 15.2. The second kappa shape index (κ2) is 6.36. The van der Waals surface area contributed by atoms with Crippen LogP contribution in [0.1, 0.15) is 10.4 Å². The molecule has 0 bridgehead atoms. The van der Waals surface area contributed by atoms with Gasteiger partial charge in [-0.1, -0.05) is 0 Å². The number of phenols is 1. The van der Waals surface area contributed by atoms with Crippen LogP contribution < -0.4 is 5.73 Å². The average molecular weight is 378 g/mol. The zero-order valence-corrected chi connectivity index (χ0v) is 11.8. The maximum absolute atomic E-state index is 12.0. The highest BCUT2D eigenvalue weighted by Crippen LogP contribution is 2.21. The number of nitrogens with two attached hydrogens (primary N) is 1. The first-order chi connectivity index (χ1) is 8.81. The number of halogens is 1. The second-order valence-corrected chi connectivity index (χ2v) is 4.85. The molecule has 0 heterocycles. The molecule has 2 amide bonds. The monoisotopic (exact) mass is 378 g/mol. The third-order valence-corrected chi connectivity index (χ3v) is 3.07. The number of benzene rings is 1. The van der Waals surface area contributed by atoms with Crippen molar-refractivity contribution in [1.29, 1.82) is 0 Å². The number of primary amides is 1. The molecule has 0 radical (unpaired) electrons. The number of hydrogen-bond donors (Lipinski definition) is 3. The van der Waals surface area contributed by atoms with E-state index >= 15 is 0 Å². The van der Waals surface area contributed by atoms with E-state index in [1.807, 2.05) is 22.6 Å². The average Bonchev–Trinajstić information content (AvgIpc) is 2.29. The zero-order chi connectivity index (χ0) is 14.6. The summed E-state index contributed by atoms with van der Waals surface area (Å²) in [7, 11) is 0. The fraction of sp³-hybridized carbons (Fsp3) is 0.182. The van der Waals surface area contributed by atoms with E-state index in [-0.39, 0.29) is 11.3 Å². The molecule has 0 unspecified atom stereocenters. The Labute approximate surface area is 122 Å². The lowest BCUT2D eigenvalue weighted by Crippen LogP contribution is -2.41. The maximum atomic E-state index is 12.0. The Hall–Kier alpha value is -1.84. The molecule has 0 aliphatic rings. The molecule has 102 valence electrons. The van der Waals surface area contributed by atoms with Crippen LogP contribution in [0.15, 0.2) is 18.2 Å². The minimum atomic E-state index is -1.26. The van der Waals surface area contributed by atoms with E-state index in [1.54, 1.807) is 0 Å². The number of amides is 2. The van der Waals surface area contributed by atoms with Crippen LogP contribution in [0.2, 0.25) is 0 Å². The Morgan fingerprint density at radius 2 is 1.89 bits per heavy atom. The van der Waals surface area contributed by atoms with Crippen molar-refractivity contribution < 1.29 is 24.6 Å². The molecular formula is C11H11IN2O5. The van der Waals surface area contributed by atoms with Gasteiger partial charge in [-0.3, -0.25) is 14.4 Å². The number of nitrogens with zero attached hydrogens (tertiary/aromatic N) is 1. The first-order valence-corrected chi connectivity index (χ1v) is 6.17. The van der Waals surface area contributed by atoms with E-state index in [4.69, 9.17) is 10.8 Å². The van der Waals surface area contributed by atoms with Crippen molar-refractivity contribution in [2.24, 2.45) is 5.73 Å². The predicted molar refractivity (Wildman–Crippen MR) is 73.6 cm³/mol. The topological polar surface area (TPSA) is 121 Å². The summed E-state index contributed by atoms with van der Waals surface area (Å²) in [4.78, 5) is 34.3. The molecule has 19 heavy (non-hydrogen) atoms. The standard InChI is InChI=1S/C11H11IN2O5/c12-7-2-1-6(3-8(7)15)11(19)14(4-9(13)16)5-10(17)18/h1-3,15H,4-5H2,(H2,13,16)(H,17,18). The van der Waals surface area contributed by atoms with Crippen LogP contribution in [0.25, 0.3) is 0 Å². The summed E-state index contributed by atoms with van der Waals surface area (Å²) >= 11 is 1.88. The molecular weight excluding hydrogens is 367 g/mol. The molecule has 0 saturated heterocycles. The Balaban J connectivity index is 3.00.